The lowest BCUT2D eigenvalue weighted by Gasteiger charge is -2.17. The fraction of sp³-hybridized carbons (Fsp3) is 0.500. The predicted molar refractivity (Wildman–Crippen MR) is 156 cm³/mol. The van der Waals surface area contributed by atoms with Crippen molar-refractivity contribution in [1.82, 2.24) is 4.98 Å². The molecule has 0 saturated heterocycles. The summed E-state index contributed by atoms with van der Waals surface area (Å²) in [7, 11) is 0. The second kappa shape index (κ2) is 18.6. The van der Waals surface area contributed by atoms with E-state index in [9.17, 15) is 9.59 Å². The summed E-state index contributed by atoms with van der Waals surface area (Å²) in [6.45, 7) is 10.9. The topological polar surface area (TPSA) is 85.1 Å². The number of aromatic nitrogens is 1. The van der Waals surface area contributed by atoms with Crippen LogP contribution in [0.25, 0.3) is 0 Å². The van der Waals surface area contributed by atoms with Crippen molar-refractivity contribution in [1.29, 1.82) is 0 Å². The molecule has 0 radical (unpaired) electrons. The highest BCUT2D eigenvalue weighted by atomic mass is 32.2. The molecular weight excluding hydrogens is 466 g/mol. The van der Waals surface area contributed by atoms with E-state index >= 15 is 0 Å². The van der Waals surface area contributed by atoms with Crippen LogP contribution in [0.1, 0.15) is 79.6 Å². The Hall–Kier alpha value is -2.60. The molecule has 0 spiro atoms. The molecule has 198 valence electrons. The van der Waals surface area contributed by atoms with Gasteiger partial charge in [0.05, 0.1) is 12.5 Å². The highest BCUT2D eigenvalue weighted by Crippen LogP contribution is 2.15. The first-order valence-corrected chi connectivity index (χ1v) is 14.0. The highest BCUT2D eigenvalue weighted by molar-refractivity contribution is 7.99. The summed E-state index contributed by atoms with van der Waals surface area (Å²) in [5.41, 5.74) is 10.9. The molecule has 1 rings (SSSR count). The van der Waals surface area contributed by atoms with Gasteiger partial charge in [-0.05, 0) is 85.3 Å². The molecule has 1 heterocycles. The van der Waals surface area contributed by atoms with Gasteiger partial charge in [0, 0.05) is 17.7 Å². The Labute approximate surface area is 222 Å². The fourth-order valence-electron chi connectivity index (χ4n) is 3.51. The maximum Gasteiger partial charge on any atom is 0.224 e. The molecule has 1 amide bonds. The van der Waals surface area contributed by atoms with Crippen molar-refractivity contribution in [2.24, 2.45) is 5.73 Å². The van der Waals surface area contributed by atoms with E-state index in [1.165, 1.54) is 22.3 Å². The monoisotopic (exact) mass is 511 g/mol. The Morgan fingerprint density at radius 3 is 2.03 bits per heavy atom. The lowest BCUT2D eigenvalue weighted by molar-refractivity contribution is -0.126. The van der Waals surface area contributed by atoms with Crippen molar-refractivity contribution in [2.45, 2.75) is 85.6 Å². The summed E-state index contributed by atoms with van der Waals surface area (Å²) >= 11 is 1.66. The van der Waals surface area contributed by atoms with Crippen LogP contribution in [0.4, 0.5) is 5.82 Å². The number of hydrogen-bond acceptors (Lipinski definition) is 5. The molecule has 1 aromatic heterocycles. The van der Waals surface area contributed by atoms with E-state index in [1.807, 2.05) is 12.1 Å². The second-order valence-electron chi connectivity index (χ2n) is 9.61. The number of allylic oxidation sites excluding steroid dienone is 7. The lowest BCUT2D eigenvalue weighted by Crippen LogP contribution is -2.35. The van der Waals surface area contributed by atoms with Gasteiger partial charge in [-0.2, -0.15) is 11.8 Å². The number of anilines is 1. The molecule has 0 aliphatic carbocycles. The van der Waals surface area contributed by atoms with E-state index in [4.69, 9.17) is 5.73 Å². The predicted octanol–water partition coefficient (Wildman–Crippen LogP) is 7.19. The summed E-state index contributed by atoms with van der Waals surface area (Å²) in [6.07, 6.45) is 17.2. The number of carbonyl (C=O) groups excluding carboxylic acids is 2. The summed E-state index contributed by atoms with van der Waals surface area (Å²) in [5, 5.41) is 3.13. The molecule has 3 N–H and O–H groups in total. The molecule has 0 saturated carbocycles. The van der Waals surface area contributed by atoms with Gasteiger partial charge >= 0.3 is 0 Å². The van der Waals surface area contributed by atoms with Crippen molar-refractivity contribution in [3.8, 4) is 0 Å². The third-order valence-electron chi connectivity index (χ3n) is 5.71. The zero-order valence-corrected chi connectivity index (χ0v) is 23.6. The molecule has 0 aromatic carbocycles. The van der Waals surface area contributed by atoms with Crippen molar-refractivity contribution in [3.05, 3.63) is 71.0 Å². The van der Waals surface area contributed by atoms with Crippen LogP contribution in [0.3, 0.4) is 0 Å². The zero-order chi connectivity index (χ0) is 26.8. The molecule has 0 fully saturated rings. The number of nitrogens with zero attached hydrogens (tertiary/aromatic N) is 1. The van der Waals surface area contributed by atoms with Crippen LogP contribution in [0.5, 0.6) is 0 Å². The Bertz CT molecular complexity index is 929. The van der Waals surface area contributed by atoms with Gasteiger partial charge in [0.25, 0.3) is 0 Å². The van der Waals surface area contributed by atoms with E-state index in [0.29, 0.717) is 11.6 Å². The van der Waals surface area contributed by atoms with E-state index in [-0.39, 0.29) is 12.2 Å². The SMILES string of the molecule is CC(C)=CCCC(C)=CCCC(C)=CCCC(C)=CCSCC(Nc1ccccn1)C(=O)CC(N)=O. The minimum atomic E-state index is -0.609. The largest absolute Gasteiger partial charge is 0.369 e. The van der Waals surface area contributed by atoms with E-state index in [2.05, 4.69) is 69.2 Å². The number of nitrogens with two attached hydrogens (primary N) is 1. The lowest BCUT2D eigenvalue weighted by atomic mass is 10.0. The van der Waals surface area contributed by atoms with Crippen LogP contribution >= 0.6 is 11.8 Å². The summed E-state index contributed by atoms with van der Waals surface area (Å²) in [5.74, 6) is 1.16. The van der Waals surface area contributed by atoms with Crippen LogP contribution < -0.4 is 11.1 Å². The number of hydrogen-bond donors (Lipinski definition) is 2. The number of nitrogens with one attached hydrogen (secondary N) is 1. The van der Waals surface area contributed by atoms with Crippen molar-refractivity contribution in [2.75, 3.05) is 16.8 Å². The van der Waals surface area contributed by atoms with Crippen LogP contribution in [-0.2, 0) is 9.59 Å². The average molecular weight is 512 g/mol. The first-order chi connectivity index (χ1) is 17.2. The van der Waals surface area contributed by atoms with Gasteiger partial charge in [-0.3, -0.25) is 9.59 Å². The van der Waals surface area contributed by atoms with Gasteiger partial charge < -0.3 is 11.1 Å². The Balaban J connectivity index is 2.39. The third kappa shape index (κ3) is 16.1. The smallest absolute Gasteiger partial charge is 0.224 e. The highest BCUT2D eigenvalue weighted by Gasteiger charge is 2.20. The number of thioether (sulfide) groups is 1. The third-order valence-corrected chi connectivity index (χ3v) is 6.68. The van der Waals surface area contributed by atoms with Crippen molar-refractivity contribution < 1.29 is 9.59 Å². The number of ketones is 1. The standard InChI is InChI=1S/C30H45N3O2S/c1-23(2)11-8-12-24(3)13-9-14-25(4)15-10-16-26(5)18-20-36-22-27(28(34)21-29(31)35)33-30-17-6-7-19-32-30/h6-7,11,13,15,17-19,27H,8-10,12,14,16,20-22H2,1-5H3,(H2,31,35)(H,32,33). The van der Waals surface area contributed by atoms with Crippen LogP contribution in [0.2, 0.25) is 0 Å². The molecule has 5 nitrogen and oxygen atoms in total. The van der Waals surface area contributed by atoms with Gasteiger partial charge in [-0.15, -0.1) is 0 Å². The first-order valence-electron chi connectivity index (χ1n) is 12.8. The Kier molecular flexibility index (Phi) is 16.3. The van der Waals surface area contributed by atoms with Gasteiger partial charge in [0.15, 0.2) is 5.78 Å². The number of Topliss-reactive ketones (excluding diaryl/α,β-unsaturated/α-hetero) is 1. The normalized spacial score (nSPS) is 13.3. The van der Waals surface area contributed by atoms with Crippen molar-refractivity contribution >= 4 is 29.3 Å². The van der Waals surface area contributed by atoms with E-state index in [0.717, 1.165) is 44.3 Å². The molecule has 0 aliphatic heterocycles. The van der Waals surface area contributed by atoms with Crippen LogP contribution in [-0.4, -0.2) is 34.2 Å². The summed E-state index contributed by atoms with van der Waals surface area (Å²) in [4.78, 5) is 27.9. The molecule has 6 heteroatoms. The number of amides is 1. The maximum atomic E-state index is 12.4. The summed E-state index contributed by atoms with van der Waals surface area (Å²) < 4.78 is 0. The van der Waals surface area contributed by atoms with E-state index in [1.54, 1.807) is 24.0 Å². The molecule has 1 aromatic rings. The van der Waals surface area contributed by atoms with Crippen molar-refractivity contribution in [3.63, 3.8) is 0 Å². The maximum absolute atomic E-state index is 12.4. The molecule has 36 heavy (non-hydrogen) atoms. The Morgan fingerprint density at radius 1 is 0.917 bits per heavy atom. The molecule has 0 bridgehead atoms. The Morgan fingerprint density at radius 2 is 1.50 bits per heavy atom. The quantitative estimate of drug-likeness (QED) is 0.124. The zero-order valence-electron chi connectivity index (χ0n) is 22.8. The molecular formula is C30H45N3O2S. The summed E-state index contributed by atoms with van der Waals surface area (Å²) in [6, 6.07) is 4.97. The van der Waals surface area contributed by atoms with Crippen LogP contribution in [0.15, 0.2) is 71.0 Å². The minimum Gasteiger partial charge on any atom is -0.369 e. The second-order valence-corrected chi connectivity index (χ2v) is 10.7. The van der Waals surface area contributed by atoms with Crippen LogP contribution in [0, 0.1) is 0 Å². The van der Waals surface area contributed by atoms with Gasteiger partial charge in [0.1, 0.15) is 5.82 Å². The molecule has 0 aliphatic rings. The number of primary amides is 1. The van der Waals surface area contributed by atoms with E-state index < -0.39 is 11.9 Å². The minimum absolute atomic E-state index is 0.208. The first kappa shape index (κ1) is 31.4. The molecule has 1 atom stereocenters. The molecule has 1 unspecified atom stereocenters. The fourth-order valence-corrected chi connectivity index (χ4v) is 4.55. The van der Waals surface area contributed by atoms with Gasteiger partial charge in [0.2, 0.25) is 5.91 Å². The number of carbonyl (C=O) groups is 2. The van der Waals surface area contributed by atoms with Gasteiger partial charge in [-0.1, -0.05) is 52.7 Å². The average Bonchev–Trinajstić information content (AvgIpc) is 2.81. The van der Waals surface area contributed by atoms with Gasteiger partial charge in [-0.25, -0.2) is 4.98 Å². The number of rotatable bonds is 18. The number of pyridine rings is 1.